The molecule has 0 radical (unpaired) electrons. The van der Waals surface area contributed by atoms with Crippen molar-refractivity contribution in [3.63, 3.8) is 0 Å². The Morgan fingerprint density at radius 1 is 1.53 bits per heavy atom. The number of oxazole rings is 1. The first kappa shape index (κ1) is 12.1. The van der Waals surface area contributed by atoms with Crippen molar-refractivity contribution in [3.05, 3.63) is 22.7 Å². The van der Waals surface area contributed by atoms with Crippen LogP contribution in [0.25, 0.3) is 11.1 Å². The van der Waals surface area contributed by atoms with Crippen LogP contribution in [0.2, 0.25) is 0 Å². The summed E-state index contributed by atoms with van der Waals surface area (Å²) >= 11 is 0. The Morgan fingerprint density at radius 3 is 3.00 bits per heavy atom. The molecule has 1 aliphatic carbocycles. The minimum Gasteiger partial charge on any atom is -0.408 e. The summed E-state index contributed by atoms with van der Waals surface area (Å²) in [6.45, 7) is 2.18. The van der Waals surface area contributed by atoms with Gasteiger partial charge in [-0.05, 0) is 24.8 Å². The summed E-state index contributed by atoms with van der Waals surface area (Å²) in [7, 11) is 0. The molecule has 0 saturated heterocycles. The minimum absolute atomic E-state index is 0.436. The van der Waals surface area contributed by atoms with Gasteiger partial charge in [-0.3, -0.25) is 4.98 Å². The van der Waals surface area contributed by atoms with Gasteiger partial charge >= 0.3 is 5.76 Å². The van der Waals surface area contributed by atoms with Crippen LogP contribution in [0.1, 0.15) is 32.6 Å². The Balaban J connectivity index is 1.85. The van der Waals surface area contributed by atoms with E-state index in [1.165, 1.54) is 19.3 Å². The molecule has 1 aliphatic rings. The first-order valence-electron chi connectivity index (χ1n) is 6.84. The molecule has 3 rings (SSSR count). The standard InChI is InChI=1S/C14H19N3O2/c1-2-9(5-8-3-4-8)16-11-7-12-13(6-10(11)15)19-14(18)17-12/h6-9,16H,2-5,15H2,1H3,(H,17,18). The molecule has 1 saturated carbocycles. The second-order valence-electron chi connectivity index (χ2n) is 5.38. The molecule has 19 heavy (non-hydrogen) atoms. The van der Waals surface area contributed by atoms with Crippen molar-refractivity contribution in [2.45, 2.75) is 38.6 Å². The van der Waals surface area contributed by atoms with E-state index in [-0.39, 0.29) is 0 Å². The molecule has 1 atom stereocenters. The topological polar surface area (TPSA) is 84.0 Å². The number of nitrogens with two attached hydrogens (primary N) is 1. The Bertz CT molecular complexity index is 640. The van der Waals surface area contributed by atoms with E-state index in [0.717, 1.165) is 18.0 Å². The summed E-state index contributed by atoms with van der Waals surface area (Å²) in [5.41, 5.74) is 8.68. The zero-order valence-corrected chi connectivity index (χ0v) is 11.0. The van der Waals surface area contributed by atoms with Gasteiger partial charge in [0.05, 0.1) is 16.9 Å². The molecule has 2 aromatic rings. The van der Waals surface area contributed by atoms with Crippen molar-refractivity contribution < 1.29 is 4.42 Å². The summed E-state index contributed by atoms with van der Waals surface area (Å²) in [5, 5.41) is 3.48. The predicted octanol–water partition coefficient (Wildman–Crippen LogP) is 2.69. The number of rotatable bonds is 5. The highest BCUT2D eigenvalue weighted by molar-refractivity contribution is 5.85. The molecule has 102 valence electrons. The lowest BCUT2D eigenvalue weighted by atomic mass is 10.1. The van der Waals surface area contributed by atoms with Crippen LogP contribution in [0.15, 0.2) is 21.3 Å². The van der Waals surface area contributed by atoms with Crippen molar-refractivity contribution in [1.29, 1.82) is 0 Å². The molecule has 5 heteroatoms. The highest BCUT2D eigenvalue weighted by atomic mass is 16.4. The molecule has 5 nitrogen and oxygen atoms in total. The van der Waals surface area contributed by atoms with Crippen LogP contribution in [-0.4, -0.2) is 11.0 Å². The van der Waals surface area contributed by atoms with Gasteiger partial charge in [0.15, 0.2) is 5.58 Å². The number of nitrogens with one attached hydrogen (secondary N) is 2. The third kappa shape index (κ3) is 2.59. The number of H-pyrrole nitrogens is 1. The van der Waals surface area contributed by atoms with Crippen LogP contribution < -0.4 is 16.8 Å². The summed E-state index contributed by atoms with van der Waals surface area (Å²) in [6, 6.07) is 3.98. The van der Waals surface area contributed by atoms with Crippen molar-refractivity contribution in [3.8, 4) is 0 Å². The van der Waals surface area contributed by atoms with E-state index in [1.807, 2.05) is 6.07 Å². The van der Waals surface area contributed by atoms with Crippen molar-refractivity contribution in [1.82, 2.24) is 4.98 Å². The molecule has 0 spiro atoms. The summed E-state index contributed by atoms with van der Waals surface area (Å²) < 4.78 is 4.99. The van der Waals surface area contributed by atoms with Gasteiger partial charge in [0.1, 0.15) is 0 Å². The summed E-state index contributed by atoms with van der Waals surface area (Å²) in [5.74, 6) is 0.424. The Kier molecular flexibility index (Phi) is 2.97. The smallest absolute Gasteiger partial charge is 0.408 e. The van der Waals surface area contributed by atoms with Crippen LogP contribution >= 0.6 is 0 Å². The fraction of sp³-hybridized carbons (Fsp3) is 0.500. The van der Waals surface area contributed by atoms with Crippen molar-refractivity contribution >= 4 is 22.5 Å². The Hall–Kier alpha value is -1.91. The molecule has 1 heterocycles. The predicted molar refractivity (Wildman–Crippen MR) is 76.3 cm³/mol. The van der Waals surface area contributed by atoms with Gasteiger partial charge < -0.3 is 15.5 Å². The maximum absolute atomic E-state index is 11.2. The maximum atomic E-state index is 11.2. The molecule has 0 amide bonds. The van der Waals surface area contributed by atoms with Crippen LogP contribution in [-0.2, 0) is 0 Å². The third-order valence-corrected chi connectivity index (χ3v) is 3.76. The number of aromatic nitrogens is 1. The molecular formula is C14H19N3O2. The SMILES string of the molecule is CCC(CC1CC1)Nc1cc2[nH]c(=O)oc2cc1N. The molecule has 4 N–H and O–H groups in total. The van der Waals surface area contributed by atoms with Gasteiger partial charge in [0.25, 0.3) is 0 Å². The number of fused-ring (bicyclic) bond motifs is 1. The van der Waals surface area contributed by atoms with E-state index in [0.29, 0.717) is 22.8 Å². The van der Waals surface area contributed by atoms with Crippen molar-refractivity contribution in [2.75, 3.05) is 11.1 Å². The van der Waals surface area contributed by atoms with E-state index >= 15 is 0 Å². The minimum atomic E-state index is -0.448. The van der Waals surface area contributed by atoms with E-state index in [2.05, 4.69) is 17.2 Å². The van der Waals surface area contributed by atoms with Gasteiger partial charge in [-0.25, -0.2) is 4.79 Å². The van der Waals surface area contributed by atoms with E-state index in [9.17, 15) is 4.79 Å². The largest absolute Gasteiger partial charge is 0.417 e. The van der Waals surface area contributed by atoms with Crippen LogP contribution in [0, 0.1) is 5.92 Å². The number of hydrogen-bond donors (Lipinski definition) is 3. The molecule has 0 aliphatic heterocycles. The number of aromatic amines is 1. The van der Waals surface area contributed by atoms with Gasteiger partial charge in [-0.1, -0.05) is 19.8 Å². The first-order valence-corrected chi connectivity index (χ1v) is 6.84. The van der Waals surface area contributed by atoms with Crippen LogP contribution in [0.3, 0.4) is 0 Å². The number of nitrogen functional groups attached to an aromatic ring is 1. The fourth-order valence-electron chi connectivity index (χ4n) is 2.44. The average molecular weight is 261 g/mol. The van der Waals surface area contributed by atoms with E-state index in [4.69, 9.17) is 10.2 Å². The highest BCUT2D eigenvalue weighted by Gasteiger charge is 2.25. The quantitative estimate of drug-likeness (QED) is 0.722. The fourth-order valence-corrected chi connectivity index (χ4v) is 2.44. The second kappa shape index (κ2) is 4.64. The molecular weight excluding hydrogens is 242 g/mol. The average Bonchev–Trinajstić information content (AvgIpc) is 3.11. The van der Waals surface area contributed by atoms with Gasteiger partial charge in [-0.2, -0.15) is 0 Å². The zero-order valence-electron chi connectivity index (χ0n) is 11.0. The van der Waals surface area contributed by atoms with E-state index < -0.39 is 5.76 Å². The maximum Gasteiger partial charge on any atom is 0.417 e. The number of hydrogen-bond acceptors (Lipinski definition) is 4. The van der Waals surface area contributed by atoms with Crippen LogP contribution in [0.4, 0.5) is 11.4 Å². The lowest BCUT2D eigenvalue weighted by Gasteiger charge is -2.19. The zero-order chi connectivity index (χ0) is 13.4. The Morgan fingerprint density at radius 2 is 2.32 bits per heavy atom. The molecule has 1 unspecified atom stereocenters. The Labute approximate surface area is 111 Å². The first-order chi connectivity index (χ1) is 9.15. The lowest BCUT2D eigenvalue weighted by Crippen LogP contribution is -2.19. The normalized spacial score (nSPS) is 16.7. The molecule has 0 bridgehead atoms. The monoisotopic (exact) mass is 261 g/mol. The molecule has 1 aromatic carbocycles. The number of anilines is 2. The third-order valence-electron chi connectivity index (χ3n) is 3.76. The lowest BCUT2D eigenvalue weighted by molar-refractivity contribution is 0.555. The van der Waals surface area contributed by atoms with E-state index in [1.54, 1.807) is 6.07 Å². The number of benzene rings is 1. The van der Waals surface area contributed by atoms with Gasteiger partial charge in [0, 0.05) is 12.1 Å². The highest BCUT2D eigenvalue weighted by Crippen LogP contribution is 2.35. The van der Waals surface area contributed by atoms with Crippen molar-refractivity contribution in [2.24, 2.45) is 5.92 Å². The summed E-state index contributed by atoms with van der Waals surface area (Å²) in [4.78, 5) is 13.8. The second-order valence-corrected chi connectivity index (χ2v) is 5.38. The van der Waals surface area contributed by atoms with Gasteiger partial charge in [0.2, 0.25) is 0 Å². The van der Waals surface area contributed by atoms with Crippen LogP contribution in [0.5, 0.6) is 0 Å². The molecule has 1 aromatic heterocycles. The molecule has 1 fully saturated rings. The summed E-state index contributed by atoms with van der Waals surface area (Å²) in [6.07, 6.45) is 4.95. The van der Waals surface area contributed by atoms with Gasteiger partial charge in [-0.15, -0.1) is 0 Å².